The van der Waals surface area contributed by atoms with E-state index in [1.807, 2.05) is 0 Å². The Balaban J connectivity index is 1.92. The fourth-order valence-electron chi connectivity index (χ4n) is 2.13. The van der Waals surface area contributed by atoms with Crippen molar-refractivity contribution in [1.82, 2.24) is 10.2 Å². The highest BCUT2D eigenvalue weighted by atomic mass is 32.1. The van der Waals surface area contributed by atoms with Gasteiger partial charge in [-0.1, -0.05) is 0 Å². The van der Waals surface area contributed by atoms with Gasteiger partial charge in [0.25, 0.3) is 0 Å². The van der Waals surface area contributed by atoms with Crippen molar-refractivity contribution in [3.63, 3.8) is 0 Å². The van der Waals surface area contributed by atoms with Crippen molar-refractivity contribution in [2.24, 2.45) is 5.41 Å². The fraction of sp³-hybridized carbons (Fsp3) is 0.857. The second-order valence-electron chi connectivity index (χ2n) is 6.33. The van der Waals surface area contributed by atoms with Gasteiger partial charge in [0.15, 0.2) is 11.3 Å². The molecule has 0 bridgehead atoms. The van der Waals surface area contributed by atoms with Crippen LogP contribution in [0.1, 0.15) is 33.6 Å². The number of nitrogens with one attached hydrogen (secondary N) is 1. The standard InChI is InChI=1S/C14H24N2O4S/c1-14(2,3)12(17)20-11-10(18-8-9-19-11)15-13(21)16-6-4-5-7-16/h10-11H,4-9H2,1-3H3,(H,15,21)/t10-,11+/m0/s1. The van der Waals surface area contributed by atoms with Crippen molar-refractivity contribution in [3.8, 4) is 0 Å². The molecule has 2 fully saturated rings. The summed E-state index contributed by atoms with van der Waals surface area (Å²) < 4.78 is 16.5. The van der Waals surface area contributed by atoms with Crippen LogP contribution in [0.3, 0.4) is 0 Å². The average molecular weight is 316 g/mol. The zero-order chi connectivity index (χ0) is 15.5. The predicted molar refractivity (Wildman–Crippen MR) is 81.6 cm³/mol. The van der Waals surface area contributed by atoms with Crippen LogP contribution in [0.15, 0.2) is 0 Å². The molecule has 0 aromatic heterocycles. The van der Waals surface area contributed by atoms with Crippen LogP contribution < -0.4 is 5.32 Å². The van der Waals surface area contributed by atoms with Crippen LogP contribution in [-0.2, 0) is 19.0 Å². The molecule has 2 aliphatic heterocycles. The molecule has 21 heavy (non-hydrogen) atoms. The molecule has 0 aliphatic carbocycles. The third-order valence-electron chi connectivity index (χ3n) is 3.40. The van der Waals surface area contributed by atoms with Gasteiger partial charge in [-0.15, -0.1) is 0 Å². The second-order valence-corrected chi connectivity index (χ2v) is 6.72. The Morgan fingerprint density at radius 3 is 2.48 bits per heavy atom. The molecule has 0 aromatic rings. The van der Waals surface area contributed by atoms with E-state index in [2.05, 4.69) is 10.2 Å². The largest absolute Gasteiger partial charge is 0.430 e. The molecule has 2 saturated heterocycles. The third-order valence-corrected chi connectivity index (χ3v) is 3.78. The van der Waals surface area contributed by atoms with Gasteiger partial charge in [0.1, 0.15) is 0 Å². The Morgan fingerprint density at radius 1 is 1.24 bits per heavy atom. The minimum absolute atomic E-state index is 0.322. The molecule has 0 radical (unpaired) electrons. The highest BCUT2D eigenvalue weighted by Crippen LogP contribution is 2.20. The lowest BCUT2D eigenvalue weighted by Crippen LogP contribution is -2.55. The van der Waals surface area contributed by atoms with Crippen molar-refractivity contribution in [2.75, 3.05) is 26.3 Å². The first kappa shape index (κ1) is 16.5. The summed E-state index contributed by atoms with van der Waals surface area (Å²) >= 11 is 5.37. The van der Waals surface area contributed by atoms with Crippen molar-refractivity contribution < 1.29 is 19.0 Å². The summed E-state index contributed by atoms with van der Waals surface area (Å²) in [7, 11) is 0. The molecule has 2 heterocycles. The fourth-order valence-corrected chi connectivity index (χ4v) is 2.43. The molecule has 2 rings (SSSR count). The van der Waals surface area contributed by atoms with E-state index in [-0.39, 0.29) is 5.97 Å². The van der Waals surface area contributed by atoms with Crippen LogP contribution in [0.2, 0.25) is 0 Å². The molecule has 120 valence electrons. The van der Waals surface area contributed by atoms with Crippen molar-refractivity contribution in [2.45, 2.75) is 46.1 Å². The van der Waals surface area contributed by atoms with Crippen LogP contribution in [0.4, 0.5) is 0 Å². The molecule has 2 aliphatic rings. The van der Waals surface area contributed by atoms with Crippen molar-refractivity contribution >= 4 is 23.3 Å². The Bertz CT molecular complexity index is 391. The van der Waals surface area contributed by atoms with Gasteiger partial charge in [0.05, 0.1) is 18.6 Å². The number of likely N-dealkylation sites (tertiary alicyclic amines) is 1. The molecular weight excluding hydrogens is 292 g/mol. The summed E-state index contributed by atoms with van der Waals surface area (Å²) in [4.78, 5) is 14.1. The van der Waals surface area contributed by atoms with Gasteiger partial charge in [-0.05, 0) is 45.8 Å². The van der Waals surface area contributed by atoms with E-state index in [9.17, 15) is 4.79 Å². The van der Waals surface area contributed by atoms with Crippen LogP contribution in [0.5, 0.6) is 0 Å². The van der Waals surface area contributed by atoms with Crippen LogP contribution in [-0.4, -0.2) is 54.8 Å². The summed E-state index contributed by atoms with van der Waals surface area (Å²) in [5, 5.41) is 3.73. The summed E-state index contributed by atoms with van der Waals surface area (Å²) in [6.07, 6.45) is 0.961. The number of carbonyl (C=O) groups excluding carboxylic acids is 1. The van der Waals surface area contributed by atoms with Crippen LogP contribution >= 0.6 is 12.2 Å². The second kappa shape index (κ2) is 6.89. The van der Waals surface area contributed by atoms with E-state index in [1.165, 1.54) is 0 Å². The Hall–Kier alpha value is -0.920. The number of thiocarbonyl (C=S) groups is 1. The first-order valence-electron chi connectivity index (χ1n) is 7.37. The first-order chi connectivity index (χ1) is 9.88. The van der Waals surface area contributed by atoms with E-state index in [0.29, 0.717) is 18.3 Å². The van der Waals surface area contributed by atoms with E-state index < -0.39 is 17.9 Å². The normalized spacial score (nSPS) is 26.5. The highest BCUT2D eigenvalue weighted by Gasteiger charge is 2.35. The van der Waals surface area contributed by atoms with Gasteiger partial charge in [-0.25, -0.2) is 0 Å². The van der Waals surface area contributed by atoms with Crippen LogP contribution in [0.25, 0.3) is 0 Å². The molecule has 1 N–H and O–H groups in total. The predicted octanol–water partition coefficient (Wildman–Crippen LogP) is 1.24. The van der Waals surface area contributed by atoms with Gasteiger partial charge in [0.2, 0.25) is 6.29 Å². The topological polar surface area (TPSA) is 60.0 Å². The number of hydrogen-bond donors (Lipinski definition) is 1. The molecular formula is C14H24N2O4S. The van der Waals surface area contributed by atoms with Crippen LogP contribution in [0, 0.1) is 5.41 Å². The number of hydrogen-bond acceptors (Lipinski definition) is 5. The molecule has 6 nitrogen and oxygen atoms in total. The van der Waals surface area contributed by atoms with Gasteiger partial charge >= 0.3 is 5.97 Å². The SMILES string of the molecule is CC(C)(C)C(=O)O[C@H]1OCCO[C@@H]1NC(=S)N1CCCC1. The zero-order valence-electron chi connectivity index (χ0n) is 12.9. The molecule has 7 heteroatoms. The lowest BCUT2D eigenvalue weighted by atomic mass is 9.97. The molecule has 0 unspecified atom stereocenters. The quantitative estimate of drug-likeness (QED) is 0.607. The monoisotopic (exact) mass is 316 g/mol. The summed E-state index contributed by atoms with van der Waals surface area (Å²) in [6, 6.07) is 0. The summed E-state index contributed by atoms with van der Waals surface area (Å²) in [6.45, 7) is 8.15. The maximum absolute atomic E-state index is 12.0. The molecule has 0 amide bonds. The molecule has 2 atom stereocenters. The van der Waals surface area contributed by atoms with E-state index >= 15 is 0 Å². The first-order valence-corrected chi connectivity index (χ1v) is 7.78. The Morgan fingerprint density at radius 2 is 1.86 bits per heavy atom. The Labute approximate surface area is 131 Å². The summed E-state index contributed by atoms with van der Waals surface area (Å²) in [5.74, 6) is -0.322. The van der Waals surface area contributed by atoms with E-state index in [0.717, 1.165) is 25.9 Å². The number of esters is 1. The Kier molecular flexibility index (Phi) is 5.40. The minimum atomic E-state index is -0.772. The number of ether oxygens (including phenoxy) is 3. The van der Waals surface area contributed by atoms with Crippen molar-refractivity contribution in [3.05, 3.63) is 0 Å². The lowest BCUT2D eigenvalue weighted by molar-refractivity contribution is -0.250. The minimum Gasteiger partial charge on any atom is -0.430 e. The molecule has 0 aromatic carbocycles. The zero-order valence-corrected chi connectivity index (χ0v) is 13.7. The lowest BCUT2D eigenvalue weighted by Gasteiger charge is -2.34. The number of rotatable bonds is 2. The average Bonchev–Trinajstić information content (AvgIpc) is 2.93. The number of nitrogens with zero attached hydrogens (tertiary/aromatic N) is 1. The van der Waals surface area contributed by atoms with E-state index in [4.69, 9.17) is 26.4 Å². The molecule has 0 spiro atoms. The smallest absolute Gasteiger partial charge is 0.313 e. The van der Waals surface area contributed by atoms with Gasteiger partial charge in [-0.2, -0.15) is 0 Å². The van der Waals surface area contributed by atoms with Crippen molar-refractivity contribution in [1.29, 1.82) is 0 Å². The number of carbonyl (C=O) groups is 1. The maximum Gasteiger partial charge on any atom is 0.313 e. The van der Waals surface area contributed by atoms with Gasteiger partial charge < -0.3 is 24.4 Å². The van der Waals surface area contributed by atoms with Gasteiger partial charge in [-0.3, -0.25) is 4.79 Å². The highest BCUT2D eigenvalue weighted by molar-refractivity contribution is 7.80. The molecule has 0 saturated carbocycles. The maximum atomic E-state index is 12.0. The van der Waals surface area contributed by atoms with E-state index in [1.54, 1.807) is 20.8 Å². The summed E-state index contributed by atoms with van der Waals surface area (Å²) in [5.41, 5.74) is -0.583. The van der Waals surface area contributed by atoms with Gasteiger partial charge in [0, 0.05) is 13.1 Å². The third kappa shape index (κ3) is 4.52.